The van der Waals surface area contributed by atoms with E-state index in [2.05, 4.69) is 20.6 Å². The Labute approximate surface area is 176 Å². The van der Waals surface area contributed by atoms with Gasteiger partial charge >= 0.3 is 0 Å². The highest BCUT2D eigenvalue weighted by Gasteiger charge is 2.11. The maximum Gasteiger partial charge on any atom is 0.262 e. The van der Waals surface area contributed by atoms with Crippen molar-refractivity contribution in [1.82, 2.24) is 19.8 Å². The number of hydrogen-bond donors (Lipinski definition) is 1. The number of aromatic nitrogens is 4. The zero-order chi connectivity index (χ0) is 20.5. The van der Waals surface area contributed by atoms with Crippen LogP contribution in [0.3, 0.4) is 0 Å². The monoisotopic (exact) mass is 415 g/mol. The summed E-state index contributed by atoms with van der Waals surface area (Å²) in [4.78, 5) is 13.0. The molecule has 7 nitrogen and oxygen atoms in total. The number of ether oxygens (including phenoxy) is 1. The molecule has 2 aromatic heterocycles. The number of benzene rings is 3. The lowest BCUT2D eigenvalue weighted by atomic mass is 10.1. The predicted molar refractivity (Wildman–Crippen MR) is 117 cm³/mol. The van der Waals surface area contributed by atoms with E-state index >= 15 is 0 Å². The fourth-order valence-electron chi connectivity index (χ4n) is 3.13. The Hall–Kier alpha value is -3.78. The second-order valence-corrected chi connectivity index (χ2v) is 7.73. The number of anilines is 1. The topological polar surface area (TPSA) is 81.4 Å². The van der Waals surface area contributed by atoms with Crippen LogP contribution in [-0.2, 0) is 4.79 Å². The molecule has 1 amide bonds. The molecule has 0 aliphatic rings. The molecule has 0 atom stereocenters. The van der Waals surface area contributed by atoms with Gasteiger partial charge in [-0.1, -0.05) is 41.7 Å². The van der Waals surface area contributed by atoms with Crippen LogP contribution in [0.4, 0.5) is 5.69 Å². The third-order valence-corrected chi connectivity index (χ3v) is 5.60. The summed E-state index contributed by atoms with van der Waals surface area (Å²) in [5.41, 5.74) is 1.65. The molecule has 3 aromatic carbocycles. The number of rotatable bonds is 5. The van der Waals surface area contributed by atoms with Crippen molar-refractivity contribution in [3.63, 3.8) is 0 Å². The van der Waals surface area contributed by atoms with Crippen molar-refractivity contribution >= 4 is 38.7 Å². The average molecular weight is 415 g/mol. The highest BCUT2D eigenvalue weighted by atomic mass is 32.1. The lowest BCUT2D eigenvalue weighted by Gasteiger charge is -2.09. The predicted octanol–water partition coefficient (Wildman–Crippen LogP) is 4.33. The Morgan fingerprint density at radius 1 is 1.03 bits per heavy atom. The van der Waals surface area contributed by atoms with Gasteiger partial charge in [0.15, 0.2) is 12.4 Å². The molecular weight excluding hydrogens is 398 g/mol. The number of amides is 1. The van der Waals surface area contributed by atoms with Gasteiger partial charge in [0.25, 0.3) is 5.91 Å². The quantitative estimate of drug-likeness (QED) is 0.462. The van der Waals surface area contributed by atoms with Crippen LogP contribution in [0.5, 0.6) is 5.75 Å². The Kier molecular flexibility index (Phi) is 4.61. The van der Waals surface area contributed by atoms with Crippen LogP contribution in [0.2, 0.25) is 0 Å². The third kappa shape index (κ3) is 3.60. The van der Waals surface area contributed by atoms with Gasteiger partial charge in [-0.2, -0.15) is 9.61 Å². The van der Waals surface area contributed by atoms with Gasteiger partial charge in [0.2, 0.25) is 4.96 Å². The van der Waals surface area contributed by atoms with E-state index in [0.717, 1.165) is 32.1 Å². The molecule has 2 heterocycles. The maximum atomic E-state index is 12.3. The van der Waals surface area contributed by atoms with Crippen molar-refractivity contribution in [2.24, 2.45) is 0 Å². The highest BCUT2D eigenvalue weighted by molar-refractivity contribution is 7.19. The lowest BCUT2D eigenvalue weighted by Crippen LogP contribution is -2.20. The van der Waals surface area contributed by atoms with Crippen LogP contribution in [-0.4, -0.2) is 32.3 Å². The Morgan fingerprint density at radius 2 is 1.83 bits per heavy atom. The van der Waals surface area contributed by atoms with Gasteiger partial charge in [0.05, 0.1) is 0 Å². The van der Waals surface area contributed by atoms with Gasteiger partial charge in [0, 0.05) is 11.3 Å². The number of carbonyl (C=O) groups excluding carboxylic acids is 1. The first-order chi connectivity index (χ1) is 14.7. The molecule has 1 N–H and O–H groups in total. The molecule has 0 saturated carbocycles. The first-order valence-corrected chi connectivity index (χ1v) is 10.2. The molecule has 0 unspecified atom stereocenters. The van der Waals surface area contributed by atoms with Crippen molar-refractivity contribution in [3.8, 4) is 16.3 Å². The second kappa shape index (κ2) is 7.57. The van der Waals surface area contributed by atoms with Crippen molar-refractivity contribution in [1.29, 1.82) is 0 Å². The fraction of sp³-hybridized carbons (Fsp3) is 0.0909. The van der Waals surface area contributed by atoms with E-state index in [1.54, 1.807) is 4.52 Å². The summed E-state index contributed by atoms with van der Waals surface area (Å²) in [7, 11) is 0. The molecule has 0 saturated heterocycles. The molecule has 5 rings (SSSR count). The first-order valence-electron chi connectivity index (χ1n) is 9.36. The molecule has 5 aromatic rings. The largest absolute Gasteiger partial charge is 0.484 e. The van der Waals surface area contributed by atoms with E-state index in [-0.39, 0.29) is 12.5 Å². The van der Waals surface area contributed by atoms with Gasteiger partial charge in [0.1, 0.15) is 10.8 Å². The Morgan fingerprint density at radius 3 is 2.63 bits per heavy atom. The van der Waals surface area contributed by atoms with E-state index in [1.165, 1.54) is 11.3 Å². The fourth-order valence-corrected chi connectivity index (χ4v) is 4.02. The van der Waals surface area contributed by atoms with Crippen molar-refractivity contribution in [2.45, 2.75) is 6.92 Å². The molecule has 0 radical (unpaired) electrons. The zero-order valence-electron chi connectivity index (χ0n) is 16.1. The molecule has 0 fully saturated rings. The van der Waals surface area contributed by atoms with Crippen molar-refractivity contribution in [3.05, 3.63) is 72.6 Å². The van der Waals surface area contributed by atoms with Gasteiger partial charge in [-0.05, 0) is 54.1 Å². The summed E-state index contributed by atoms with van der Waals surface area (Å²) in [6.07, 6.45) is 0. The number of hydrogen-bond acceptors (Lipinski definition) is 6. The molecule has 0 spiro atoms. The molecule has 148 valence electrons. The summed E-state index contributed by atoms with van der Waals surface area (Å²) in [6, 6.07) is 21.3. The summed E-state index contributed by atoms with van der Waals surface area (Å²) in [5, 5.41) is 18.5. The molecule has 30 heavy (non-hydrogen) atoms. The molecule has 0 bridgehead atoms. The van der Waals surface area contributed by atoms with E-state index in [4.69, 9.17) is 4.74 Å². The van der Waals surface area contributed by atoms with Crippen molar-refractivity contribution in [2.75, 3.05) is 11.9 Å². The smallest absolute Gasteiger partial charge is 0.262 e. The van der Waals surface area contributed by atoms with Crippen LogP contribution in [0, 0.1) is 6.92 Å². The number of carbonyl (C=O) groups is 1. The Bertz CT molecular complexity index is 1360. The zero-order valence-corrected chi connectivity index (χ0v) is 16.9. The normalized spacial score (nSPS) is 11.1. The first kappa shape index (κ1) is 18.3. The number of nitrogens with zero attached hydrogens (tertiary/aromatic N) is 4. The molecule has 0 aliphatic carbocycles. The van der Waals surface area contributed by atoms with E-state index < -0.39 is 0 Å². The SMILES string of the molecule is Cc1nnc2sc(-c3ccc(NC(=O)COc4ccc5ccccc5c4)cc3)nn12. The van der Waals surface area contributed by atoms with Crippen molar-refractivity contribution < 1.29 is 9.53 Å². The minimum absolute atomic E-state index is 0.0595. The van der Waals surface area contributed by atoms with Gasteiger partial charge in [-0.3, -0.25) is 4.79 Å². The van der Waals surface area contributed by atoms with E-state index in [0.29, 0.717) is 11.4 Å². The molecule has 0 aliphatic heterocycles. The van der Waals surface area contributed by atoms with Gasteiger partial charge in [-0.15, -0.1) is 10.2 Å². The van der Waals surface area contributed by atoms with Crippen LogP contribution in [0.15, 0.2) is 66.7 Å². The summed E-state index contributed by atoms with van der Waals surface area (Å²) < 4.78 is 7.36. The third-order valence-electron chi connectivity index (χ3n) is 4.65. The summed E-state index contributed by atoms with van der Waals surface area (Å²) >= 11 is 1.47. The number of fused-ring (bicyclic) bond motifs is 2. The van der Waals surface area contributed by atoms with E-state index in [1.807, 2.05) is 73.7 Å². The van der Waals surface area contributed by atoms with Crippen LogP contribution in [0.1, 0.15) is 5.82 Å². The number of aryl methyl sites for hydroxylation is 1. The van der Waals surface area contributed by atoms with Gasteiger partial charge in [-0.25, -0.2) is 0 Å². The standard InChI is InChI=1S/C22H17N5O2S/c1-14-24-25-22-27(14)26-21(30-22)16-6-9-18(10-7-16)23-20(28)13-29-19-11-8-15-4-2-3-5-17(15)12-19/h2-12H,13H2,1H3,(H,23,28). The number of nitrogens with one attached hydrogen (secondary N) is 1. The lowest BCUT2D eigenvalue weighted by molar-refractivity contribution is -0.118. The van der Waals surface area contributed by atoms with Gasteiger partial charge < -0.3 is 10.1 Å². The summed E-state index contributed by atoms with van der Waals surface area (Å²) in [6.45, 7) is 1.80. The maximum absolute atomic E-state index is 12.3. The summed E-state index contributed by atoms with van der Waals surface area (Å²) in [5.74, 6) is 1.20. The van der Waals surface area contributed by atoms with Crippen LogP contribution >= 0.6 is 11.3 Å². The second-order valence-electron chi connectivity index (χ2n) is 6.77. The molecule has 8 heteroatoms. The van der Waals surface area contributed by atoms with Crippen LogP contribution in [0.25, 0.3) is 26.3 Å². The average Bonchev–Trinajstić information content (AvgIpc) is 3.35. The minimum Gasteiger partial charge on any atom is -0.484 e. The van der Waals surface area contributed by atoms with E-state index in [9.17, 15) is 4.79 Å². The highest BCUT2D eigenvalue weighted by Crippen LogP contribution is 2.26. The van der Waals surface area contributed by atoms with Crippen LogP contribution < -0.4 is 10.1 Å². The molecular formula is C22H17N5O2S. The minimum atomic E-state index is -0.217. The Balaban J connectivity index is 1.22.